The van der Waals surface area contributed by atoms with Gasteiger partial charge in [-0.2, -0.15) is 0 Å². The number of carbonyl (C=O) groups is 1. The zero-order valence-corrected chi connectivity index (χ0v) is 9.46. The summed E-state index contributed by atoms with van der Waals surface area (Å²) in [7, 11) is 0. The number of nitrogens with zero attached hydrogens (tertiary/aromatic N) is 2. The van der Waals surface area contributed by atoms with E-state index in [2.05, 4.69) is 10.3 Å². The number of hydrogen-bond acceptors (Lipinski definition) is 4. The zero-order valence-electron chi connectivity index (χ0n) is 8.64. The van der Waals surface area contributed by atoms with E-state index in [4.69, 9.17) is 0 Å². The molecule has 1 aliphatic rings. The van der Waals surface area contributed by atoms with Crippen LogP contribution in [0.5, 0.6) is 0 Å². The molecule has 0 saturated carbocycles. The molecule has 2 aromatic rings. The molecule has 0 radical (unpaired) electrons. The van der Waals surface area contributed by atoms with Crippen molar-refractivity contribution in [2.45, 2.75) is 0 Å². The van der Waals surface area contributed by atoms with Crippen LogP contribution in [0.1, 0.15) is 0 Å². The number of anilines is 1. The van der Waals surface area contributed by atoms with Gasteiger partial charge in [-0.25, -0.2) is 4.98 Å². The van der Waals surface area contributed by atoms with Crippen molar-refractivity contribution in [2.75, 3.05) is 24.5 Å². The van der Waals surface area contributed by atoms with E-state index in [0.29, 0.717) is 13.1 Å². The smallest absolute Gasteiger partial charge is 0.242 e. The Morgan fingerprint density at radius 2 is 2.25 bits per heavy atom. The topological polar surface area (TPSA) is 45.2 Å². The maximum absolute atomic E-state index is 11.7. The summed E-state index contributed by atoms with van der Waals surface area (Å²) in [5.74, 6) is 0.102. The van der Waals surface area contributed by atoms with Crippen molar-refractivity contribution >= 4 is 32.6 Å². The van der Waals surface area contributed by atoms with E-state index < -0.39 is 0 Å². The molecule has 0 bridgehead atoms. The fourth-order valence-corrected chi connectivity index (χ4v) is 2.79. The molecule has 4 nitrogen and oxygen atoms in total. The molecule has 0 unspecified atom stereocenters. The number of aromatic nitrogens is 1. The normalized spacial score (nSPS) is 17.0. The number of carbonyl (C=O) groups excluding carboxylic acids is 1. The molecule has 0 aliphatic carbocycles. The lowest BCUT2D eigenvalue weighted by molar-refractivity contribution is -0.118. The predicted octanol–water partition coefficient (Wildman–Crippen LogP) is 1.23. The van der Waals surface area contributed by atoms with Gasteiger partial charge in [-0.1, -0.05) is 23.5 Å². The van der Waals surface area contributed by atoms with Crippen molar-refractivity contribution in [1.82, 2.24) is 10.3 Å². The van der Waals surface area contributed by atoms with E-state index in [1.54, 1.807) is 16.2 Å². The molecule has 82 valence electrons. The molecule has 16 heavy (non-hydrogen) atoms. The Morgan fingerprint density at radius 3 is 3.06 bits per heavy atom. The number of rotatable bonds is 1. The first-order valence-corrected chi connectivity index (χ1v) is 6.03. The maximum Gasteiger partial charge on any atom is 0.242 e. The molecule has 1 aromatic carbocycles. The lowest BCUT2D eigenvalue weighted by Crippen LogP contribution is -2.48. The van der Waals surface area contributed by atoms with E-state index in [1.807, 2.05) is 24.3 Å². The van der Waals surface area contributed by atoms with E-state index in [9.17, 15) is 4.79 Å². The average molecular weight is 233 g/mol. The Balaban J connectivity index is 2.01. The third-order valence-corrected chi connectivity index (χ3v) is 3.66. The predicted molar refractivity (Wildman–Crippen MR) is 64.8 cm³/mol. The Labute approximate surface area is 96.9 Å². The van der Waals surface area contributed by atoms with E-state index in [0.717, 1.165) is 21.9 Å². The number of thiazole rings is 1. The van der Waals surface area contributed by atoms with Crippen LogP contribution in [0, 0.1) is 0 Å². The molecular formula is C11H11N3OS. The molecule has 2 heterocycles. The van der Waals surface area contributed by atoms with Gasteiger partial charge in [0.25, 0.3) is 0 Å². The molecule has 5 heteroatoms. The van der Waals surface area contributed by atoms with Gasteiger partial charge in [-0.05, 0) is 12.1 Å². The van der Waals surface area contributed by atoms with Gasteiger partial charge in [0.05, 0.1) is 16.8 Å². The number of hydrogen-bond donors (Lipinski definition) is 1. The van der Waals surface area contributed by atoms with Gasteiger partial charge in [0.2, 0.25) is 5.91 Å². The SMILES string of the molecule is O=C1CNCCN1c1nc2ccccc2s1. The van der Waals surface area contributed by atoms with Crippen LogP contribution in [0.3, 0.4) is 0 Å². The number of nitrogens with one attached hydrogen (secondary N) is 1. The molecule has 0 spiro atoms. The zero-order chi connectivity index (χ0) is 11.0. The van der Waals surface area contributed by atoms with Gasteiger partial charge in [-0.3, -0.25) is 9.69 Å². The molecule has 1 fully saturated rings. The Hall–Kier alpha value is -1.46. The van der Waals surface area contributed by atoms with E-state index >= 15 is 0 Å². The summed E-state index contributed by atoms with van der Waals surface area (Å²) in [6.07, 6.45) is 0. The molecule has 1 aromatic heterocycles. The van der Waals surface area contributed by atoms with Gasteiger partial charge in [-0.15, -0.1) is 0 Å². The fraction of sp³-hybridized carbons (Fsp3) is 0.273. The monoisotopic (exact) mass is 233 g/mol. The lowest BCUT2D eigenvalue weighted by atomic mass is 10.3. The Bertz CT molecular complexity index is 504. The van der Waals surface area contributed by atoms with Gasteiger partial charge >= 0.3 is 0 Å². The lowest BCUT2D eigenvalue weighted by Gasteiger charge is -2.24. The molecular weight excluding hydrogens is 222 g/mol. The van der Waals surface area contributed by atoms with Crippen LogP contribution in [0.25, 0.3) is 10.2 Å². The highest BCUT2D eigenvalue weighted by Crippen LogP contribution is 2.28. The number of para-hydroxylation sites is 1. The van der Waals surface area contributed by atoms with Crippen LogP contribution in [-0.4, -0.2) is 30.5 Å². The first-order valence-electron chi connectivity index (χ1n) is 5.21. The largest absolute Gasteiger partial charge is 0.307 e. The third-order valence-electron chi connectivity index (χ3n) is 2.60. The van der Waals surface area contributed by atoms with Gasteiger partial charge < -0.3 is 5.32 Å². The van der Waals surface area contributed by atoms with E-state index in [1.165, 1.54) is 0 Å². The van der Waals surface area contributed by atoms with Crippen LogP contribution < -0.4 is 10.2 Å². The van der Waals surface area contributed by atoms with E-state index in [-0.39, 0.29) is 5.91 Å². The molecule has 0 atom stereocenters. The number of piperazine rings is 1. The summed E-state index contributed by atoms with van der Waals surface area (Å²) in [6, 6.07) is 7.96. The quantitative estimate of drug-likeness (QED) is 0.806. The van der Waals surface area contributed by atoms with Crippen molar-refractivity contribution in [1.29, 1.82) is 0 Å². The highest BCUT2D eigenvalue weighted by molar-refractivity contribution is 7.22. The highest BCUT2D eigenvalue weighted by atomic mass is 32.1. The first-order chi connectivity index (χ1) is 7.84. The highest BCUT2D eigenvalue weighted by Gasteiger charge is 2.21. The van der Waals surface area contributed by atoms with Crippen LogP contribution in [0.2, 0.25) is 0 Å². The second kappa shape index (κ2) is 3.84. The second-order valence-electron chi connectivity index (χ2n) is 3.69. The third kappa shape index (κ3) is 1.58. The van der Waals surface area contributed by atoms with Crippen molar-refractivity contribution in [3.05, 3.63) is 24.3 Å². The number of amides is 1. The standard InChI is InChI=1S/C11H11N3OS/c15-10-7-12-5-6-14(10)11-13-8-3-1-2-4-9(8)16-11/h1-4,12H,5-7H2. The first kappa shape index (κ1) is 9.74. The summed E-state index contributed by atoms with van der Waals surface area (Å²) >= 11 is 1.57. The minimum Gasteiger partial charge on any atom is -0.307 e. The second-order valence-corrected chi connectivity index (χ2v) is 4.70. The summed E-state index contributed by atoms with van der Waals surface area (Å²) in [6.45, 7) is 1.95. The summed E-state index contributed by atoms with van der Waals surface area (Å²) < 4.78 is 1.13. The van der Waals surface area contributed by atoms with Crippen molar-refractivity contribution < 1.29 is 4.79 Å². The van der Waals surface area contributed by atoms with Crippen molar-refractivity contribution in [2.24, 2.45) is 0 Å². The molecule has 3 rings (SSSR count). The summed E-state index contributed by atoms with van der Waals surface area (Å²) in [5.41, 5.74) is 0.967. The van der Waals surface area contributed by atoms with Crippen LogP contribution >= 0.6 is 11.3 Å². The van der Waals surface area contributed by atoms with Crippen molar-refractivity contribution in [3.63, 3.8) is 0 Å². The molecule has 1 N–H and O–H groups in total. The Morgan fingerprint density at radius 1 is 1.38 bits per heavy atom. The summed E-state index contributed by atoms with van der Waals surface area (Å²) in [5, 5.41) is 3.87. The average Bonchev–Trinajstić information content (AvgIpc) is 2.73. The van der Waals surface area contributed by atoms with Crippen LogP contribution in [0.15, 0.2) is 24.3 Å². The minimum absolute atomic E-state index is 0.102. The van der Waals surface area contributed by atoms with Gasteiger partial charge in [0.1, 0.15) is 0 Å². The van der Waals surface area contributed by atoms with Gasteiger partial charge in [0.15, 0.2) is 5.13 Å². The summed E-state index contributed by atoms with van der Waals surface area (Å²) in [4.78, 5) is 17.9. The van der Waals surface area contributed by atoms with Gasteiger partial charge in [0, 0.05) is 13.1 Å². The van der Waals surface area contributed by atoms with Crippen LogP contribution in [0.4, 0.5) is 5.13 Å². The number of fused-ring (bicyclic) bond motifs is 1. The Kier molecular flexibility index (Phi) is 2.34. The van der Waals surface area contributed by atoms with Crippen molar-refractivity contribution in [3.8, 4) is 0 Å². The fourth-order valence-electron chi connectivity index (χ4n) is 1.78. The maximum atomic E-state index is 11.7. The molecule has 1 saturated heterocycles. The number of benzene rings is 1. The van der Waals surface area contributed by atoms with Crippen LogP contribution in [-0.2, 0) is 4.79 Å². The minimum atomic E-state index is 0.102. The molecule has 1 aliphatic heterocycles. The molecule has 1 amide bonds.